The molecule has 182 valence electrons. The molecule has 2 heterocycles. The van der Waals surface area contributed by atoms with Gasteiger partial charge in [0, 0.05) is 37.5 Å². The molecular weight excluding hydrogens is 468 g/mol. The Balaban J connectivity index is 0.000000623. The van der Waals surface area contributed by atoms with Gasteiger partial charge in [-0.25, -0.2) is 23.2 Å². The van der Waals surface area contributed by atoms with Gasteiger partial charge in [-0.05, 0) is 54.0 Å². The zero-order chi connectivity index (χ0) is 25.4. The normalized spacial score (nSPS) is 14.0. The van der Waals surface area contributed by atoms with Crippen LogP contribution in [-0.2, 0) is 6.54 Å². The van der Waals surface area contributed by atoms with E-state index in [1.165, 1.54) is 11.3 Å². The minimum absolute atomic E-state index is 0.838. The maximum absolute atomic E-state index is 8.49. The zero-order valence-electron chi connectivity index (χ0n) is 19.8. The summed E-state index contributed by atoms with van der Waals surface area (Å²) in [6.45, 7) is 3.10. The van der Waals surface area contributed by atoms with Crippen LogP contribution in [0.4, 0.5) is 5.69 Å². The van der Waals surface area contributed by atoms with Crippen LogP contribution in [0.3, 0.4) is 0 Å². The van der Waals surface area contributed by atoms with Crippen LogP contribution in [0.1, 0.15) is 23.6 Å². The van der Waals surface area contributed by atoms with Gasteiger partial charge in [0.05, 0.1) is 0 Å². The van der Waals surface area contributed by atoms with Crippen molar-refractivity contribution in [2.45, 2.75) is 13.5 Å². The molecule has 0 bridgehead atoms. The highest BCUT2D eigenvalue weighted by atomic mass is 35.7. The fourth-order valence-corrected chi connectivity index (χ4v) is 3.40. The molecule has 4 rings (SSSR count). The molecule has 1 aliphatic heterocycles. The van der Waals surface area contributed by atoms with E-state index in [0.717, 1.165) is 34.8 Å². The van der Waals surface area contributed by atoms with Crippen molar-refractivity contribution in [3.8, 4) is 5.75 Å². The lowest BCUT2D eigenvalue weighted by molar-refractivity contribution is -2.00. The number of halogens is 1. The Hall–Kier alpha value is -3.46. The Morgan fingerprint density at radius 3 is 2.09 bits per heavy atom. The SMILES string of the molecule is CC[n+]1ccc(C=C2C=C(C=Cc3ccc(N(C)C)cc3)c3ccccc3O2)cc1.[O-][Cl+3]([O-])([O-])[O-]. The first kappa shape index (κ1) is 26.2. The number of nitrogens with zero attached hydrogens (tertiary/aromatic N) is 2. The summed E-state index contributed by atoms with van der Waals surface area (Å²) in [7, 11) is -0.839. The number of ether oxygens (including phenoxy) is 1. The van der Waals surface area contributed by atoms with E-state index in [-0.39, 0.29) is 0 Å². The van der Waals surface area contributed by atoms with E-state index in [4.69, 9.17) is 23.4 Å². The third-order valence-corrected chi connectivity index (χ3v) is 5.18. The fourth-order valence-electron chi connectivity index (χ4n) is 3.40. The minimum atomic E-state index is -4.94. The van der Waals surface area contributed by atoms with Gasteiger partial charge >= 0.3 is 0 Å². The van der Waals surface area contributed by atoms with Crippen molar-refractivity contribution in [2.24, 2.45) is 0 Å². The van der Waals surface area contributed by atoms with E-state index in [9.17, 15) is 0 Å². The van der Waals surface area contributed by atoms with Gasteiger partial charge < -0.3 is 9.64 Å². The van der Waals surface area contributed by atoms with E-state index >= 15 is 0 Å². The molecule has 0 aliphatic carbocycles. The van der Waals surface area contributed by atoms with Crippen molar-refractivity contribution in [3.63, 3.8) is 0 Å². The highest BCUT2D eigenvalue weighted by Gasteiger charge is 2.15. The molecule has 0 atom stereocenters. The van der Waals surface area contributed by atoms with Crippen LogP contribution in [0.2, 0.25) is 0 Å². The minimum Gasteiger partial charge on any atom is -0.457 e. The summed E-state index contributed by atoms with van der Waals surface area (Å²) in [5, 5.41) is 0. The van der Waals surface area contributed by atoms with Gasteiger partial charge in [0.2, 0.25) is 0 Å². The predicted octanol–water partition coefficient (Wildman–Crippen LogP) is 0.834. The van der Waals surface area contributed by atoms with Crippen molar-refractivity contribution in [1.29, 1.82) is 0 Å². The highest BCUT2D eigenvalue weighted by molar-refractivity contribution is 5.85. The number of fused-ring (bicyclic) bond motifs is 1. The molecule has 0 fully saturated rings. The van der Waals surface area contributed by atoms with Crippen molar-refractivity contribution in [2.75, 3.05) is 19.0 Å². The van der Waals surface area contributed by atoms with E-state index in [1.807, 2.05) is 18.2 Å². The second-order valence-electron chi connectivity index (χ2n) is 7.90. The van der Waals surface area contributed by atoms with Crippen LogP contribution in [0.15, 0.2) is 91.0 Å². The Kier molecular flexibility index (Phi) is 8.81. The van der Waals surface area contributed by atoms with Crippen LogP contribution in [-0.4, -0.2) is 14.1 Å². The van der Waals surface area contributed by atoms with E-state index in [2.05, 4.69) is 110 Å². The van der Waals surface area contributed by atoms with E-state index in [1.54, 1.807) is 0 Å². The highest BCUT2D eigenvalue weighted by Crippen LogP contribution is 2.34. The molecule has 8 heteroatoms. The standard InChI is InChI=1S/C27H27N2O.ClHO4/c1-4-29-17-15-22(16-18-29)19-25-20-23(26-7-5-6-8-27(26)30-25)12-9-21-10-13-24(14-11-21)28(2)3;2-1(3,4)5/h5-20H,4H2,1-3H3;(H,2,3,4,5)/q+1;/p-1. The monoisotopic (exact) mass is 494 g/mol. The topological polar surface area (TPSA) is 109 Å². The molecule has 0 radical (unpaired) electrons. The molecule has 0 N–H and O–H groups in total. The van der Waals surface area contributed by atoms with Gasteiger partial charge in [-0.2, -0.15) is 0 Å². The molecule has 0 saturated heterocycles. The van der Waals surface area contributed by atoms with Crippen LogP contribution in [0.5, 0.6) is 5.75 Å². The number of allylic oxidation sites excluding steroid dienone is 3. The van der Waals surface area contributed by atoms with Crippen molar-refractivity contribution in [1.82, 2.24) is 0 Å². The number of para-hydroxylation sites is 1. The Labute approximate surface area is 207 Å². The summed E-state index contributed by atoms with van der Waals surface area (Å²) >= 11 is 0. The lowest BCUT2D eigenvalue weighted by atomic mass is 9.99. The van der Waals surface area contributed by atoms with E-state index in [0.29, 0.717) is 0 Å². The molecular formula is C27H27ClN2O5. The van der Waals surface area contributed by atoms with Gasteiger partial charge in [0.25, 0.3) is 0 Å². The lowest BCUT2D eigenvalue weighted by Crippen LogP contribution is -2.68. The van der Waals surface area contributed by atoms with Crippen molar-refractivity contribution < 1.29 is 38.2 Å². The fraction of sp³-hybridized carbons (Fsp3) is 0.148. The van der Waals surface area contributed by atoms with Crippen LogP contribution >= 0.6 is 0 Å². The van der Waals surface area contributed by atoms with Crippen molar-refractivity contribution in [3.05, 3.63) is 108 Å². The second kappa shape index (κ2) is 11.8. The van der Waals surface area contributed by atoms with Crippen LogP contribution in [0, 0.1) is 10.2 Å². The first-order valence-electron chi connectivity index (χ1n) is 10.9. The Morgan fingerprint density at radius 2 is 1.49 bits per heavy atom. The number of hydrogen-bond acceptors (Lipinski definition) is 6. The molecule has 1 aromatic heterocycles. The summed E-state index contributed by atoms with van der Waals surface area (Å²) in [5.41, 5.74) is 5.73. The number of benzene rings is 2. The predicted molar refractivity (Wildman–Crippen MR) is 125 cm³/mol. The summed E-state index contributed by atoms with van der Waals surface area (Å²) in [4.78, 5) is 2.10. The van der Waals surface area contributed by atoms with Crippen LogP contribution < -0.4 is 32.8 Å². The number of aryl methyl sites for hydroxylation is 1. The largest absolute Gasteiger partial charge is 0.457 e. The molecule has 35 heavy (non-hydrogen) atoms. The summed E-state index contributed by atoms with van der Waals surface area (Å²) < 4.78 is 42.3. The van der Waals surface area contributed by atoms with Gasteiger partial charge in [-0.15, -0.1) is 10.2 Å². The second-order valence-corrected chi connectivity index (χ2v) is 8.66. The Morgan fingerprint density at radius 1 is 0.857 bits per heavy atom. The third-order valence-electron chi connectivity index (χ3n) is 5.18. The molecule has 7 nitrogen and oxygen atoms in total. The number of rotatable bonds is 5. The number of aromatic nitrogens is 1. The van der Waals surface area contributed by atoms with Gasteiger partial charge in [0.15, 0.2) is 12.4 Å². The van der Waals surface area contributed by atoms with Gasteiger partial charge in [-0.1, -0.05) is 42.5 Å². The smallest absolute Gasteiger partial charge is 0.169 e. The zero-order valence-corrected chi connectivity index (χ0v) is 20.5. The van der Waals surface area contributed by atoms with Gasteiger partial charge in [0.1, 0.15) is 18.1 Å². The third kappa shape index (κ3) is 8.36. The first-order valence-corrected chi connectivity index (χ1v) is 12.1. The Bertz CT molecular complexity index is 1210. The number of pyridine rings is 1. The summed E-state index contributed by atoms with van der Waals surface area (Å²) in [6, 6.07) is 20.9. The van der Waals surface area contributed by atoms with Crippen molar-refractivity contribution >= 4 is 23.4 Å². The molecule has 0 spiro atoms. The average molecular weight is 495 g/mol. The van der Waals surface area contributed by atoms with E-state index < -0.39 is 10.2 Å². The lowest BCUT2D eigenvalue weighted by Gasteiger charge is -2.18. The number of hydrogen-bond donors (Lipinski definition) is 0. The summed E-state index contributed by atoms with van der Waals surface area (Å²) in [6.07, 6.45) is 12.7. The average Bonchev–Trinajstić information content (AvgIpc) is 2.82. The van der Waals surface area contributed by atoms with Crippen LogP contribution in [0.25, 0.3) is 17.7 Å². The summed E-state index contributed by atoms with van der Waals surface area (Å²) in [5.74, 6) is 1.72. The number of anilines is 1. The molecule has 0 amide bonds. The molecule has 2 aromatic carbocycles. The van der Waals surface area contributed by atoms with Gasteiger partial charge in [-0.3, -0.25) is 0 Å². The maximum Gasteiger partial charge on any atom is 0.169 e. The quantitative estimate of drug-likeness (QED) is 0.486. The molecule has 0 unspecified atom stereocenters. The molecule has 0 saturated carbocycles. The maximum atomic E-state index is 8.49. The first-order chi connectivity index (χ1) is 16.6. The molecule has 3 aromatic rings. The molecule has 1 aliphatic rings.